The summed E-state index contributed by atoms with van der Waals surface area (Å²) >= 11 is 0. The van der Waals surface area contributed by atoms with E-state index in [0.717, 1.165) is 44.1 Å². The lowest BCUT2D eigenvalue weighted by Gasteiger charge is -2.28. The zero-order chi connectivity index (χ0) is 15.6. The van der Waals surface area contributed by atoms with Crippen LogP contribution in [-0.4, -0.2) is 0 Å². The third-order valence-corrected chi connectivity index (χ3v) is 4.72. The Bertz CT molecular complexity index is 523. The molecule has 1 aliphatic rings. The molecule has 2 rings (SSSR count). The van der Waals surface area contributed by atoms with Gasteiger partial charge in [0.25, 0.3) is 0 Å². The predicted octanol–water partition coefficient (Wildman–Crippen LogP) is 6.24. The lowest BCUT2D eigenvalue weighted by Crippen LogP contribution is -2.14. The first-order valence-corrected chi connectivity index (χ1v) is 8.12. The van der Waals surface area contributed by atoms with Crippen molar-refractivity contribution in [1.82, 2.24) is 0 Å². The van der Waals surface area contributed by atoms with E-state index in [0.29, 0.717) is 22.6 Å². The van der Waals surface area contributed by atoms with Gasteiger partial charge in [-0.1, -0.05) is 45.8 Å². The molecule has 0 saturated heterocycles. The van der Waals surface area contributed by atoms with Crippen molar-refractivity contribution in [2.75, 3.05) is 0 Å². The molecule has 0 nitrogen and oxygen atoms in total. The molecule has 1 fully saturated rings. The smallest absolute Gasteiger partial charge is 0.166 e. The molecule has 116 valence electrons. The number of benzene rings is 1. The van der Waals surface area contributed by atoms with E-state index in [1.165, 1.54) is 0 Å². The zero-order valence-electron chi connectivity index (χ0n) is 13.4. The van der Waals surface area contributed by atoms with Gasteiger partial charge in [-0.2, -0.15) is 0 Å². The molecule has 1 aliphatic carbocycles. The average molecular weight is 292 g/mol. The van der Waals surface area contributed by atoms with Crippen molar-refractivity contribution in [3.63, 3.8) is 0 Å². The fourth-order valence-corrected chi connectivity index (χ4v) is 3.50. The quantitative estimate of drug-likeness (QED) is 0.615. The molecule has 21 heavy (non-hydrogen) atoms. The molecule has 0 amide bonds. The van der Waals surface area contributed by atoms with Crippen LogP contribution in [0.3, 0.4) is 0 Å². The summed E-state index contributed by atoms with van der Waals surface area (Å²) in [5.74, 6) is -0.459. The van der Waals surface area contributed by atoms with E-state index in [1.807, 2.05) is 6.07 Å². The second kappa shape index (κ2) is 6.72. The molecule has 1 aromatic carbocycles. The van der Waals surface area contributed by atoms with Gasteiger partial charge in [0.2, 0.25) is 0 Å². The van der Waals surface area contributed by atoms with Crippen molar-refractivity contribution < 1.29 is 8.78 Å². The van der Waals surface area contributed by atoms with E-state index >= 15 is 0 Å². The minimum Gasteiger partial charge on any atom is -0.203 e. The van der Waals surface area contributed by atoms with Gasteiger partial charge in [0.1, 0.15) is 0 Å². The van der Waals surface area contributed by atoms with Crippen LogP contribution in [0.1, 0.15) is 75.5 Å². The van der Waals surface area contributed by atoms with Gasteiger partial charge < -0.3 is 0 Å². The summed E-state index contributed by atoms with van der Waals surface area (Å²) in [6.07, 6.45) is 5.85. The standard InChI is InChI=1S/C19H26F2/c1-5-6-15-11-16(14-9-7-13(4)8-10-14)18(20)19(21)17(15)12(2)3/h11,13-14H,2,5-10H2,1,3-4H3. The van der Waals surface area contributed by atoms with Crippen LogP contribution in [0.2, 0.25) is 0 Å². The highest BCUT2D eigenvalue weighted by atomic mass is 19.2. The lowest BCUT2D eigenvalue weighted by molar-refractivity contribution is 0.339. The average Bonchev–Trinajstić information content (AvgIpc) is 2.43. The highest BCUT2D eigenvalue weighted by Gasteiger charge is 2.26. The third-order valence-electron chi connectivity index (χ3n) is 4.72. The van der Waals surface area contributed by atoms with Crippen LogP contribution in [0, 0.1) is 17.6 Å². The topological polar surface area (TPSA) is 0 Å². The second-order valence-corrected chi connectivity index (χ2v) is 6.62. The fraction of sp³-hybridized carbons (Fsp3) is 0.579. The van der Waals surface area contributed by atoms with Gasteiger partial charge in [0, 0.05) is 5.56 Å². The Morgan fingerprint density at radius 1 is 1.19 bits per heavy atom. The molecule has 1 saturated carbocycles. The lowest BCUT2D eigenvalue weighted by atomic mass is 9.78. The highest BCUT2D eigenvalue weighted by molar-refractivity contribution is 5.66. The van der Waals surface area contributed by atoms with E-state index in [1.54, 1.807) is 6.92 Å². The molecule has 0 aromatic heterocycles. The fourth-order valence-electron chi connectivity index (χ4n) is 3.50. The largest absolute Gasteiger partial charge is 0.203 e. The molecule has 0 bridgehead atoms. The number of hydrogen-bond donors (Lipinski definition) is 0. The Balaban J connectivity index is 2.45. The second-order valence-electron chi connectivity index (χ2n) is 6.62. The molecule has 0 radical (unpaired) electrons. The molecule has 1 aromatic rings. The summed E-state index contributed by atoms with van der Waals surface area (Å²) in [6, 6.07) is 1.91. The monoisotopic (exact) mass is 292 g/mol. The van der Waals surface area contributed by atoms with Crippen LogP contribution in [0.15, 0.2) is 12.6 Å². The van der Waals surface area contributed by atoms with Crippen molar-refractivity contribution >= 4 is 5.57 Å². The van der Waals surface area contributed by atoms with Gasteiger partial charge >= 0.3 is 0 Å². The van der Waals surface area contributed by atoms with Crippen molar-refractivity contribution in [1.29, 1.82) is 0 Å². The van der Waals surface area contributed by atoms with Gasteiger partial charge in [0.05, 0.1) is 0 Å². The third kappa shape index (κ3) is 3.36. The van der Waals surface area contributed by atoms with Crippen LogP contribution >= 0.6 is 0 Å². The van der Waals surface area contributed by atoms with Crippen LogP contribution in [-0.2, 0) is 6.42 Å². The number of halogens is 2. The first-order chi connectivity index (χ1) is 9.95. The Labute approximate surface area is 127 Å². The molecule has 2 heteroatoms. The summed E-state index contributed by atoms with van der Waals surface area (Å²) in [5, 5.41) is 0. The molecule has 0 aliphatic heterocycles. The minimum atomic E-state index is -0.693. The van der Waals surface area contributed by atoms with Gasteiger partial charge in [-0.25, -0.2) is 8.78 Å². The Kier molecular flexibility index (Phi) is 5.18. The number of allylic oxidation sites excluding steroid dienone is 1. The Morgan fingerprint density at radius 3 is 2.33 bits per heavy atom. The highest BCUT2D eigenvalue weighted by Crippen LogP contribution is 2.39. The normalized spacial score (nSPS) is 22.3. The van der Waals surface area contributed by atoms with Crippen LogP contribution in [0.4, 0.5) is 8.78 Å². The van der Waals surface area contributed by atoms with Gasteiger partial charge in [0.15, 0.2) is 11.6 Å². The van der Waals surface area contributed by atoms with Crippen molar-refractivity contribution in [2.24, 2.45) is 5.92 Å². The first kappa shape index (κ1) is 16.2. The van der Waals surface area contributed by atoms with Crippen LogP contribution < -0.4 is 0 Å². The molecule has 0 heterocycles. The molecular formula is C19H26F2. The van der Waals surface area contributed by atoms with E-state index in [4.69, 9.17) is 0 Å². The zero-order valence-corrected chi connectivity index (χ0v) is 13.4. The number of rotatable bonds is 4. The van der Waals surface area contributed by atoms with Crippen LogP contribution in [0.25, 0.3) is 5.57 Å². The van der Waals surface area contributed by atoms with Gasteiger partial charge in [-0.05, 0) is 54.7 Å². The van der Waals surface area contributed by atoms with E-state index in [2.05, 4.69) is 20.4 Å². The molecule has 0 spiro atoms. The Morgan fingerprint density at radius 2 is 1.81 bits per heavy atom. The Hall–Kier alpha value is -1.18. The van der Waals surface area contributed by atoms with Crippen molar-refractivity contribution in [3.8, 4) is 0 Å². The van der Waals surface area contributed by atoms with Gasteiger partial charge in [-0.3, -0.25) is 0 Å². The number of hydrogen-bond acceptors (Lipinski definition) is 0. The summed E-state index contributed by atoms with van der Waals surface area (Å²) in [5.41, 5.74) is 2.51. The summed E-state index contributed by atoms with van der Waals surface area (Å²) < 4.78 is 29.0. The molecule has 0 N–H and O–H groups in total. The van der Waals surface area contributed by atoms with E-state index in [-0.39, 0.29) is 5.92 Å². The SMILES string of the molecule is C=C(C)c1c(CCC)cc(C2CCC(C)CC2)c(F)c1F. The molecular weight excluding hydrogens is 266 g/mol. The van der Waals surface area contributed by atoms with E-state index < -0.39 is 11.6 Å². The molecule has 0 atom stereocenters. The maximum absolute atomic E-state index is 14.5. The van der Waals surface area contributed by atoms with Crippen molar-refractivity contribution in [2.45, 2.75) is 65.2 Å². The van der Waals surface area contributed by atoms with Crippen LogP contribution in [0.5, 0.6) is 0 Å². The minimum absolute atomic E-state index is 0.172. The maximum Gasteiger partial charge on any atom is 0.166 e. The van der Waals surface area contributed by atoms with E-state index in [9.17, 15) is 8.78 Å². The maximum atomic E-state index is 14.5. The van der Waals surface area contributed by atoms with Crippen molar-refractivity contribution in [3.05, 3.63) is 41.0 Å². The van der Waals surface area contributed by atoms with Gasteiger partial charge in [-0.15, -0.1) is 0 Å². The first-order valence-electron chi connectivity index (χ1n) is 8.12. The predicted molar refractivity (Wildman–Crippen MR) is 85.4 cm³/mol. The molecule has 0 unspecified atom stereocenters. The number of aryl methyl sites for hydroxylation is 1. The summed E-state index contributed by atoms with van der Waals surface area (Å²) in [7, 11) is 0. The summed E-state index contributed by atoms with van der Waals surface area (Å²) in [4.78, 5) is 0. The summed E-state index contributed by atoms with van der Waals surface area (Å²) in [6.45, 7) is 9.86.